The third-order valence-electron chi connectivity index (χ3n) is 6.24. The first-order valence-electron chi connectivity index (χ1n) is 9.96. The molecule has 0 unspecified atom stereocenters. The maximum Gasteiger partial charge on any atom is 0.338 e. The van der Waals surface area contributed by atoms with Gasteiger partial charge in [-0.1, -0.05) is 48.6 Å². The molecular formula is C24H19NO5. The minimum Gasteiger partial charge on any atom is -0.454 e. The van der Waals surface area contributed by atoms with Crippen LogP contribution in [-0.4, -0.2) is 30.2 Å². The number of fused-ring (bicyclic) bond motifs is 5. The molecule has 1 aliphatic heterocycles. The van der Waals surface area contributed by atoms with Gasteiger partial charge in [0.15, 0.2) is 12.4 Å². The number of benzene rings is 2. The highest BCUT2D eigenvalue weighted by Gasteiger charge is 2.59. The molecule has 2 bridgehead atoms. The Hall–Kier alpha value is -3.54. The molecule has 2 aromatic rings. The van der Waals surface area contributed by atoms with Crippen LogP contribution in [0.25, 0.3) is 0 Å². The predicted octanol–water partition coefficient (Wildman–Crippen LogP) is 3.04. The first-order chi connectivity index (χ1) is 14.5. The number of ketones is 1. The number of carbonyl (C=O) groups excluding carboxylic acids is 4. The first kappa shape index (κ1) is 18.5. The number of Topliss-reactive ketones (excluding diaryl/α,β-unsaturated/α-hetero) is 1. The zero-order chi connectivity index (χ0) is 20.8. The summed E-state index contributed by atoms with van der Waals surface area (Å²) in [5.74, 6) is -1.74. The molecule has 5 rings (SSSR count). The van der Waals surface area contributed by atoms with Crippen LogP contribution in [0.2, 0.25) is 0 Å². The van der Waals surface area contributed by atoms with E-state index >= 15 is 0 Å². The molecule has 3 aliphatic rings. The molecule has 0 radical (unpaired) electrons. The van der Waals surface area contributed by atoms with Gasteiger partial charge < -0.3 is 4.74 Å². The number of amides is 2. The molecule has 1 heterocycles. The van der Waals surface area contributed by atoms with Gasteiger partial charge in [0.1, 0.15) is 0 Å². The average molecular weight is 401 g/mol. The molecule has 0 spiro atoms. The van der Waals surface area contributed by atoms with Crippen molar-refractivity contribution >= 4 is 29.3 Å². The third kappa shape index (κ3) is 2.87. The standard InChI is InChI=1S/C24H19NO5/c26-19(14-5-2-1-3-6-14)13-30-24(29)17-7-4-8-18(12-17)25-22(27)20-15-9-10-16(11-15)21(20)23(25)28/h1-10,12,15-16,20-21H,11,13H2/t15-,16+,20-,21-/m0/s1. The fourth-order valence-electron chi connectivity index (χ4n) is 4.85. The van der Waals surface area contributed by atoms with E-state index in [4.69, 9.17) is 4.74 Å². The van der Waals surface area contributed by atoms with Gasteiger partial charge in [0.2, 0.25) is 11.8 Å². The lowest BCUT2D eigenvalue weighted by Gasteiger charge is -2.18. The van der Waals surface area contributed by atoms with Crippen molar-refractivity contribution in [1.29, 1.82) is 0 Å². The van der Waals surface area contributed by atoms with Gasteiger partial charge in [0.25, 0.3) is 0 Å². The molecule has 0 N–H and O–H groups in total. The van der Waals surface area contributed by atoms with Gasteiger partial charge in [-0.3, -0.25) is 14.4 Å². The largest absolute Gasteiger partial charge is 0.454 e. The van der Waals surface area contributed by atoms with Crippen molar-refractivity contribution in [2.24, 2.45) is 23.7 Å². The van der Waals surface area contributed by atoms with Crippen molar-refractivity contribution in [2.45, 2.75) is 6.42 Å². The van der Waals surface area contributed by atoms with Crippen LogP contribution in [0.4, 0.5) is 5.69 Å². The van der Waals surface area contributed by atoms with Crippen molar-refractivity contribution in [3.63, 3.8) is 0 Å². The van der Waals surface area contributed by atoms with Gasteiger partial charge in [0.05, 0.1) is 23.1 Å². The van der Waals surface area contributed by atoms with Crippen LogP contribution in [0.3, 0.4) is 0 Å². The number of rotatable bonds is 5. The number of hydrogen-bond acceptors (Lipinski definition) is 5. The van der Waals surface area contributed by atoms with Gasteiger partial charge in [0, 0.05) is 5.56 Å². The van der Waals surface area contributed by atoms with Crippen molar-refractivity contribution in [3.05, 3.63) is 77.9 Å². The van der Waals surface area contributed by atoms with E-state index in [-0.39, 0.29) is 53.4 Å². The molecule has 2 fully saturated rings. The number of allylic oxidation sites excluding steroid dienone is 2. The Labute approximate surface area is 173 Å². The van der Waals surface area contributed by atoms with Crippen molar-refractivity contribution < 1.29 is 23.9 Å². The SMILES string of the molecule is O=C(COC(=O)c1cccc(N2C(=O)[C@@H]3[C@@H](C2=O)[C@H]2C=C[C@@H]3C2)c1)c1ccccc1. The number of imide groups is 1. The zero-order valence-corrected chi connectivity index (χ0v) is 16.1. The van der Waals surface area contributed by atoms with E-state index in [9.17, 15) is 19.2 Å². The summed E-state index contributed by atoms with van der Waals surface area (Å²) in [5.41, 5.74) is 1.01. The van der Waals surface area contributed by atoms with E-state index in [1.807, 2.05) is 12.2 Å². The van der Waals surface area contributed by atoms with Crippen LogP contribution in [-0.2, 0) is 14.3 Å². The summed E-state index contributed by atoms with van der Waals surface area (Å²) in [7, 11) is 0. The lowest BCUT2D eigenvalue weighted by Crippen LogP contribution is -2.33. The number of hydrogen-bond donors (Lipinski definition) is 0. The normalized spacial score (nSPS) is 26.2. The molecular weight excluding hydrogens is 382 g/mol. The molecule has 150 valence electrons. The predicted molar refractivity (Wildman–Crippen MR) is 108 cm³/mol. The summed E-state index contributed by atoms with van der Waals surface area (Å²) in [5, 5.41) is 0. The van der Waals surface area contributed by atoms with Crippen molar-refractivity contribution in [2.75, 3.05) is 11.5 Å². The maximum absolute atomic E-state index is 13.0. The molecule has 30 heavy (non-hydrogen) atoms. The number of nitrogens with zero attached hydrogens (tertiary/aromatic N) is 1. The molecule has 2 aliphatic carbocycles. The Balaban J connectivity index is 1.31. The Morgan fingerprint density at radius 3 is 2.17 bits per heavy atom. The van der Waals surface area contributed by atoms with Crippen LogP contribution in [0.15, 0.2) is 66.7 Å². The van der Waals surface area contributed by atoms with Crippen LogP contribution in [0.1, 0.15) is 27.1 Å². The lowest BCUT2D eigenvalue weighted by atomic mass is 9.85. The maximum atomic E-state index is 13.0. The number of carbonyl (C=O) groups is 4. The topological polar surface area (TPSA) is 80.8 Å². The van der Waals surface area contributed by atoms with Gasteiger partial charge in [-0.2, -0.15) is 0 Å². The summed E-state index contributed by atoms with van der Waals surface area (Å²) in [6.45, 7) is -0.381. The Bertz CT molecular complexity index is 1060. The summed E-state index contributed by atoms with van der Waals surface area (Å²) in [4.78, 5) is 51.7. The van der Waals surface area contributed by atoms with E-state index in [2.05, 4.69) is 0 Å². The summed E-state index contributed by atoms with van der Waals surface area (Å²) in [6.07, 6.45) is 4.94. The van der Waals surface area contributed by atoms with Crippen LogP contribution in [0, 0.1) is 23.7 Å². The van der Waals surface area contributed by atoms with Gasteiger partial charge >= 0.3 is 5.97 Å². The molecule has 6 nitrogen and oxygen atoms in total. The summed E-state index contributed by atoms with van der Waals surface area (Å²) < 4.78 is 5.15. The highest BCUT2D eigenvalue weighted by molar-refractivity contribution is 6.23. The van der Waals surface area contributed by atoms with Crippen LogP contribution < -0.4 is 4.90 Å². The van der Waals surface area contributed by atoms with Crippen LogP contribution >= 0.6 is 0 Å². The highest BCUT2D eigenvalue weighted by atomic mass is 16.5. The lowest BCUT2D eigenvalue weighted by molar-refractivity contribution is -0.123. The molecule has 2 aromatic carbocycles. The van der Waals surface area contributed by atoms with Crippen molar-refractivity contribution in [3.8, 4) is 0 Å². The Morgan fingerprint density at radius 2 is 1.50 bits per heavy atom. The second-order valence-corrected chi connectivity index (χ2v) is 7.93. The van der Waals surface area contributed by atoms with Gasteiger partial charge in [-0.05, 0) is 36.5 Å². The van der Waals surface area contributed by atoms with Gasteiger partial charge in [-0.15, -0.1) is 0 Å². The second kappa shape index (κ2) is 7.06. The van der Waals surface area contributed by atoms with Crippen LogP contribution in [0.5, 0.6) is 0 Å². The highest BCUT2D eigenvalue weighted by Crippen LogP contribution is 2.53. The van der Waals surface area contributed by atoms with E-state index in [0.29, 0.717) is 11.3 Å². The summed E-state index contributed by atoms with van der Waals surface area (Å²) in [6, 6.07) is 14.8. The number of esters is 1. The van der Waals surface area contributed by atoms with E-state index < -0.39 is 5.97 Å². The molecule has 4 atom stereocenters. The Kier molecular flexibility index (Phi) is 4.35. The van der Waals surface area contributed by atoms with Crippen molar-refractivity contribution in [1.82, 2.24) is 0 Å². The average Bonchev–Trinajstić information content (AvgIpc) is 3.46. The van der Waals surface area contributed by atoms with E-state index in [0.717, 1.165) is 6.42 Å². The summed E-state index contributed by atoms with van der Waals surface area (Å²) >= 11 is 0. The molecule has 2 amide bonds. The fourth-order valence-corrected chi connectivity index (χ4v) is 4.85. The molecule has 1 saturated heterocycles. The Morgan fingerprint density at radius 1 is 0.867 bits per heavy atom. The molecule has 0 aromatic heterocycles. The molecule has 1 saturated carbocycles. The van der Waals surface area contributed by atoms with E-state index in [1.54, 1.807) is 42.5 Å². The number of ether oxygens (including phenoxy) is 1. The first-order valence-corrected chi connectivity index (χ1v) is 9.96. The quantitative estimate of drug-likeness (QED) is 0.333. The minimum atomic E-state index is -0.679. The monoisotopic (exact) mass is 401 g/mol. The van der Waals surface area contributed by atoms with E-state index in [1.165, 1.54) is 17.0 Å². The third-order valence-corrected chi connectivity index (χ3v) is 6.24. The van der Waals surface area contributed by atoms with Gasteiger partial charge in [-0.25, -0.2) is 9.69 Å². The zero-order valence-electron chi connectivity index (χ0n) is 16.1. The minimum absolute atomic E-state index is 0.124. The molecule has 6 heteroatoms. The number of anilines is 1. The smallest absolute Gasteiger partial charge is 0.338 e. The fraction of sp³-hybridized carbons (Fsp3) is 0.250. The second-order valence-electron chi connectivity index (χ2n) is 7.93.